The minimum absolute atomic E-state index is 0.0891. The molecule has 1 aliphatic rings. The van der Waals surface area contributed by atoms with Crippen LogP contribution in [0.5, 0.6) is 0 Å². The summed E-state index contributed by atoms with van der Waals surface area (Å²) < 4.78 is 0. The molecule has 1 saturated carbocycles. The Hall–Kier alpha value is -1.17. The molecule has 0 spiro atoms. The van der Waals surface area contributed by atoms with Gasteiger partial charge in [0.2, 0.25) is 6.08 Å². The van der Waals surface area contributed by atoms with Crippen molar-refractivity contribution in [3.8, 4) is 0 Å². The van der Waals surface area contributed by atoms with Gasteiger partial charge < -0.3 is 0 Å². The minimum Gasteiger partial charge on any atom is -0.243 e. The average Bonchev–Trinajstić information content (AvgIpc) is 2.12. The molecule has 0 amide bonds. The standard InChI is InChI=1S/C13H20N2O/c1-5-14-9-13(4)7-11(15-10-16)6-12(2,3)8-13/h11H,1,6-9H2,2-4H3. The number of carbonyl (C=O) groups excluding carboxylic acids is 1. The zero-order valence-corrected chi connectivity index (χ0v) is 10.4. The minimum atomic E-state index is 0.0891. The molecule has 0 aromatic heterocycles. The van der Waals surface area contributed by atoms with Crippen LogP contribution in [0, 0.1) is 10.8 Å². The molecule has 1 rings (SSSR count). The fourth-order valence-corrected chi connectivity index (χ4v) is 3.11. The molecule has 0 heterocycles. The lowest BCUT2D eigenvalue weighted by Crippen LogP contribution is -2.39. The first-order valence-electron chi connectivity index (χ1n) is 5.66. The third-order valence-corrected chi connectivity index (χ3v) is 3.23. The van der Waals surface area contributed by atoms with Gasteiger partial charge in [-0.2, -0.15) is 0 Å². The topological polar surface area (TPSA) is 41.8 Å². The lowest BCUT2D eigenvalue weighted by molar-refractivity contribution is 0.0916. The Morgan fingerprint density at radius 1 is 1.38 bits per heavy atom. The summed E-state index contributed by atoms with van der Waals surface area (Å²) in [5.74, 6) is 2.58. The summed E-state index contributed by atoms with van der Waals surface area (Å²) in [6, 6.07) is 0.0891. The van der Waals surface area contributed by atoms with Gasteiger partial charge in [0.1, 0.15) is 0 Å². The molecule has 0 N–H and O–H groups in total. The molecule has 0 aliphatic heterocycles. The fourth-order valence-electron chi connectivity index (χ4n) is 3.11. The molecule has 1 fully saturated rings. The van der Waals surface area contributed by atoms with E-state index in [1.807, 2.05) is 0 Å². The summed E-state index contributed by atoms with van der Waals surface area (Å²) >= 11 is 0. The van der Waals surface area contributed by atoms with Crippen LogP contribution in [0.3, 0.4) is 0 Å². The Labute approximate surface area is 97.4 Å². The summed E-state index contributed by atoms with van der Waals surface area (Å²) in [7, 11) is 0. The summed E-state index contributed by atoms with van der Waals surface area (Å²) in [5.41, 5.74) is 0.298. The molecule has 0 saturated heterocycles. The van der Waals surface area contributed by atoms with Crippen molar-refractivity contribution < 1.29 is 4.79 Å². The maximum Gasteiger partial charge on any atom is 0.235 e. The van der Waals surface area contributed by atoms with Gasteiger partial charge in [0.25, 0.3) is 0 Å². The molecule has 2 unspecified atom stereocenters. The number of aliphatic imine (C=N–C) groups is 2. The van der Waals surface area contributed by atoms with Crippen molar-refractivity contribution >= 4 is 11.9 Å². The summed E-state index contributed by atoms with van der Waals surface area (Å²) in [5, 5.41) is 0. The molecule has 2 atom stereocenters. The molecule has 0 radical (unpaired) electrons. The highest BCUT2D eigenvalue weighted by Gasteiger charge is 2.41. The van der Waals surface area contributed by atoms with Crippen molar-refractivity contribution in [1.29, 1.82) is 0 Å². The van der Waals surface area contributed by atoms with Crippen LogP contribution in [0.1, 0.15) is 40.0 Å². The SMILES string of the molecule is C=C=NCC1(C)CC(N=C=O)CC(C)(C)C1. The van der Waals surface area contributed by atoms with Crippen LogP contribution in [0.25, 0.3) is 0 Å². The maximum atomic E-state index is 10.4. The second-order valence-electron chi connectivity index (χ2n) is 5.91. The van der Waals surface area contributed by atoms with Crippen LogP contribution in [0.4, 0.5) is 0 Å². The van der Waals surface area contributed by atoms with E-state index in [2.05, 4.69) is 43.2 Å². The summed E-state index contributed by atoms with van der Waals surface area (Å²) in [6.45, 7) is 10.8. The molecular weight excluding hydrogens is 200 g/mol. The van der Waals surface area contributed by atoms with Crippen molar-refractivity contribution in [2.75, 3.05) is 6.54 Å². The number of isocyanates is 1. The first kappa shape index (κ1) is 12.9. The molecule has 0 aromatic rings. The zero-order chi connectivity index (χ0) is 12.2. The Morgan fingerprint density at radius 2 is 2.06 bits per heavy atom. The normalized spacial score (nSPS) is 32.3. The van der Waals surface area contributed by atoms with E-state index in [-0.39, 0.29) is 16.9 Å². The van der Waals surface area contributed by atoms with E-state index in [1.54, 1.807) is 6.08 Å². The Morgan fingerprint density at radius 3 is 2.62 bits per heavy atom. The number of nitrogens with zero attached hydrogens (tertiary/aromatic N) is 2. The zero-order valence-electron chi connectivity index (χ0n) is 10.4. The van der Waals surface area contributed by atoms with Crippen LogP contribution >= 0.6 is 0 Å². The molecule has 1 aliphatic carbocycles. The monoisotopic (exact) mass is 220 g/mol. The van der Waals surface area contributed by atoms with Crippen LogP contribution in [-0.4, -0.2) is 24.5 Å². The smallest absolute Gasteiger partial charge is 0.235 e. The van der Waals surface area contributed by atoms with Crippen molar-refractivity contribution in [2.24, 2.45) is 20.8 Å². The first-order chi connectivity index (χ1) is 7.41. The molecule has 0 aromatic carbocycles. The van der Waals surface area contributed by atoms with Crippen molar-refractivity contribution in [3.63, 3.8) is 0 Å². The molecule has 3 nitrogen and oxygen atoms in total. The lowest BCUT2D eigenvalue weighted by Gasteiger charge is -2.44. The Balaban J connectivity index is 2.85. The molecular formula is C13H20N2O. The first-order valence-corrected chi connectivity index (χ1v) is 5.66. The van der Waals surface area contributed by atoms with Gasteiger partial charge in [0.15, 0.2) is 0 Å². The number of hydrogen-bond acceptors (Lipinski definition) is 3. The van der Waals surface area contributed by atoms with Gasteiger partial charge in [-0.3, -0.25) is 0 Å². The third-order valence-electron chi connectivity index (χ3n) is 3.23. The summed E-state index contributed by atoms with van der Waals surface area (Å²) in [4.78, 5) is 18.4. The maximum absolute atomic E-state index is 10.4. The lowest BCUT2D eigenvalue weighted by atomic mass is 9.63. The second-order valence-corrected chi connectivity index (χ2v) is 5.91. The quantitative estimate of drug-likeness (QED) is 0.532. The van der Waals surface area contributed by atoms with Crippen LogP contribution < -0.4 is 0 Å². The van der Waals surface area contributed by atoms with E-state index in [4.69, 9.17) is 0 Å². The van der Waals surface area contributed by atoms with Crippen LogP contribution in [-0.2, 0) is 4.79 Å². The largest absolute Gasteiger partial charge is 0.243 e. The van der Waals surface area contributed by atoms with Gasteiger partial charge in [-0.1, -0.05) is 20.8 Å². The van der Waals surface area contributed by atoms with Crippen molar-refractivity contribution in [1.82, 2.24) is 0 Å². The molecule has 3 heteroatoms. The summed E-state index contributed by atoms with van der Waals surface area (Å²) in [6.07, 6.45) is 4.63. The average molecular weight is 220 g/mol. The van der Waals surface area contributed by atoms with Gasteiger partial charge in [-0.25, -0.2) is 14.8 Å². The fraction of sp³-hybridized carbons (Fsp3) is 0.769. The van der Waals surface area contributed by atoms with Gasteiger partial charge in [-0.05, 0) is 42.5 Å². The van der Waals surface area contributed by atoms with Crippen molar-refractivity contribution in [3.05, 3.63) is 6.58 Å². The third kappa shape index (κ3) is 3.44. The van der Waals surface area contributed by atoms with Gasteiger partial charge in [0, 0.05) is 0 Å². The van der Waals surface area contributed by atoms with Crippen LogP contribution in [0.15, 0.2) is 16.6 Å². The molecule has 0 bridgehead atoms. The Bertz CT molecular complexity index is 349. The predicted molar refractivity (Wildman–Crippen MR) is 65.6 cm³/mol. The molecule has 16 heavy (non-hydrogen) atoms. The number of hydrogen-bond donors (Lipinski definition) is 0. The van der Waals surface area contributed by atoms with E-state index in [0.717, 1.165) is 19.3 Å². The van der Waals surface area contributed by atoms with Crippen molar-refractivity contribution in [2.45, 2.75) is 46.1 Å². The number of rotatable bonds is 3. The van der Waals surface area contributed by atoms with E-state index in [9.17, 15) is 4.79 Å². The van der Waals surface area contributed by atoms with E-state index >= 15 is 0 Å². The van der Waals surface area contributed by atoms with Gasteiger partial charge >= 0.3 is 0 Å². The van der Waals surface area contributed by atoms with Gasteiger partial charge in [0.05, 0.1) is 12.6 Å². The van der Waals surface area contributed by atoms with Gasteiger partial charge in [-0.15, -0.1) is 0 Å². The molecule has 88 valence electrons. The highest BCUT2D eigenvalue weighted by molar-refractivity contribution is 5.46. The highest BCUT2D eigenvalue weighted by atomic mass is 16.1. The van der Waals surface area contributed by atoms with E-state index in [1.165, 1.54) is 0 Å². The Kier molecular flexibility index (Phi) is 3.85. The van der Waals surface area contributed by atoms with Crippen LogP contribution in [0.2, 0.25) is 0 Å². The van der Waals surface area contributed by atoms with E-state index in [0.29, 0.717) is 6.54 Å². The highest BCUT2D eigenvalue weighted by Crippen LogP contribution is 2.47. The second kappa shape index (κ2) is 4.78. The van der Waals surface area contributed by atoms with E-state index < -0.39 is 0 Å². The predicted octanol–water partition coefficient (Wildman–Crippen LogP) is 2.76.